The minimum Gasteiger partial charge on any atom is -0.481 e. The minimum absolute atomic E-state index is 0.101. The van der Waals surface area contributed by atoms with Crippen molar-refractivity contribution in [1.82, 2.24) is 4.90 Å². The SMILES string of the molecule is CSc1ccc(OC(C)C(=O)N2C(C)CCCC2C)cc1. The molecule has 0 aliphatic carbocycles. The van der Waals surface area contributed by atoms with Gasteiger partial charge in [0.15, 0.2) is 6.10 Å². The number of rotatable bonds is 4. The van der Waals surface area contributed by atoms with Gasteiger partial charge < -0.3 is 9.64 Å². The Hall–Kier alpha value is -1.16. The van der Waals surface area contributed by atoms with E-state index >= 15 is 0 Å². The summed E-state index contributed by atoms with van der Waals surface area (Å²) in [6.07, 6.45) is 4.99. The number of thioether (sulfide) groups is 1. The summed E-state index contributed by atoms with van der Waals surface area (Å²) in [7, 11) is 0. The molecule has 1 aliphatic heterocycles. The van der Waals surface area contributed by atoms with Crippen molar-refractivity contribution in [1.29, 1.82) is 0 Å². The highest BCUT2D eigenvalue weighted by Gasteiger charge is 2.32. The second-order valence-corrected chi connectivity index (χ2v) is 6.69. The molecule has 3 atom stereocenters. The van der Waals surface area contributed by atoms with Crippen LogP contribution in [0.2, 0.25) is 0 Å². The van der Waals surface area contributed by atoms with Crippen LogP contribution in [0.1, 0.15) is 40.0 Å². The highest BCUT2D eigenvalue weighted by Crippen LogP contribution is 2.25. The summed E-state index contributed by atoms with van der Waals surface area (Å²) in [4.78, 5) is 15.8. The number of amides is 1. The molecular formula is C17H25NO2S. The molecule has 3 nitrogen and oxygen atoms in total. The first-order chi connectivity index (χ1) is 10.0. The van der Waals surface area contributed by atoms with Crippen molar-refractivity contribution in [3.8, 4) is 5.75 Å². The van der Waals surface area contributed by atoms with Gasteiger partial charge in [-0.1, -0.05) is 0 Å². The maximum absolute atomic E-state index is 12.6. The summed E-state index contributed by atoms with van der Waals surface area (Å²) >= 11 is 1.70. The Morgan fingerprint density at radius 2 is 1.81 bits per heavy atom. The van der Waals surface area contributed by atoms with Crippen LogP contribution in [-0.2, 0) is 4.79 Å². The Morgan fingerprint density at radius 3 is 2.33 bits per heavy atom. The molecule has 1 amide bonds. The van der Waals surface area contributed by atoms with Crippen LogP contribution >= 0.6 is 11.8 Å². The van der Waals surface area contributed by atoms with Gasteiger partial charge in [-0.3, -0.25) is 4.79 Å². The van der Waals surface area contributed by atoms with Crippen LogP contribution in [0.3, 0.4) is 0 Å². The smallest absolute Gasteiger partial charge is 0.263 e. The zero-order valence-corrected chi connectivity index (χ0v) is 14.2. The fraction of sp³-hybridized carbons (Fsp3) is 0.588. The fourth-order valence-corrected chi connectivity index (χ4v) is 3.38. The number of piperidine rings is 1. The number of carbonyl (C=O) groups excluding carboxylic acids is 1. The van der Waals surface area contributed by atoms with Gasteiger partial charge in [-0.15, -0.1) is 11.8 Å². The second-order valence-electron chi connectivity index (χ2n) is 5.81. The molecule has 0 spiro atoms. The van der Waals surface area contributed by atoms with Gasteiger partial charge in [0, 0.05) is 17.0 Å². The van der Waals surface area contributed by atoms with Gasteiger partial charge in [0.25, 0.3) is 5.91 Å². The molecular weight excluding hydrogens is 282 g/mol. The molecule has 0 aromatic heterocycles. The van der Waals surface area contributed by atoms with Gasteiger partial charge in [0.2, 0.25) is 0 Å². The Balaban J connectivity index is 2.01. The van der Waals surface area contributed by atoms with Gasteiger partial charge in [0.1, 0.15) is 5.75 Å². The van der Waals surface area contributed by atoms with E-state index in [9.17, 15) is 4.79 Å². The van der Waals surface area contributed by atoms with Gasteiger partial charge in [-0.05, 0) is 70.6 Å². The molecule has 1 aromatic carbocycles. The third kappa shape index (κ3) is 3.94. The molecule has 3 unspecified atom stereocenters. The van der Waals surface area contributed by atoms with Crippen LogP contribution < -0.4 is 4.74 Å². The zero-order valence-electron chi connectivity index (χ0n) is 13.3. The molecule has 4 heteroatoms. The first kappa shape index (κ1) is 16.2. The van der Waals surface area contributed by atoms with Gasteiger partial charge >= 0.3 is 0 Å². The van der Waals surface area contributed by atoms with Crippen LogP contribution in [0.4, 0.5) is 0 Å². The third-order valence-electron chi connectivity index (χ3n) is 4.17. The van der Waals surface area contributed by atoms with Crippen molar-refractivity contribution < 1.29 is 9.53 Å². The van der Waals surface area contributed by atoms with Gasteiger partial charge in [-0.2, -0.15) is 0 Å². The average Bonchev–Trinajstić information content (AvgIpc) is 2.47. The topological polar surface area (TPSA) is 29.5 Å². The van der Waals surface area contributed by atoms with E-state index in [1.807, 2.05) is 42.3 Å². The van der Waals surface area contributed by atoms with Gasteiger partial charge in [-0.25, -0.2) is 0 Å². The van der Waals surface area contributed by atoms with Crippen LogP contribution in [0, 0.1) is 0 Å². The predicted octanol–water partition coefficient (Wildman–Crippen LogP) is 3.97. The maximum atomic E-state index is 12.6. The highest BCUT2D eigenvalue weighted by molar-refractivity contribution is 7.98. The van der Waals surface area contributed by atoms with Crippen molar-refractivity contribution in [2.45, 2.75) is 63.1 Å². The highest BCUT2D eigenvalue weighted by atomic mass is 32.2. The Labute approximate surface area is 132 Å². The first-order valence-corrected chi connectivity index (χ1v) is 8.88. The van der Waals surface area contributed by atoms with E-state index in [2.05, 4.69) is 13.8 Å². The average molecular weight is 307 g/mol. The van der Waals surface area contributed by atoms with Crippen LogP contribution in [0.5, 0.6) is 5.75 Å². The summed E-state index contributed by atoms with van der Waals surface area (Å²) in [5.74, 6) is 0.856. The summed E-state index contributed by atoms with van der Waals surface area (Å²) < 4.78 is 5.83. The molecule has 1 aromatic rings. The van der Waals surface area contributed by atoms with Gasteiger partial charge in [0.05, 0.1) is 0 Å². The Kier molecular flexibility index (Phi) is 5.57. The molecule has 2 rings (SSSR count). The molecule has 1 aliphatic rings. The van der Waals surface area contributed by atoms with E-state index in [1.54, 1.807) is 11.8 Å². The summed E-state index contributed by atoms with van der Waals surface area (Å²) in [5.41, 5.74) is 0. The molecule has 1 saturated heterocycles. The van der Waals surface area contributed by atoms with E-state index in [0.717, 1.165) is 18.6 Å². The lowest BCUT2D eigenvalue weighted by Crippen LogP contribution is -2.51. The lowest BCUT2D eigenvalue weighted by molar-refractivity contribution is -0.144. The third-order valence-corrected chi connectivity index (χ3v) is 4.91. The molecule has 21 heavy (non-hydrogen) atoms. The van der Waals surface area contributed by atoms with Crippen molar-refractivity contribution in [3.63, 3.8) is 0 Å². The standard InChI is InChI=1S/C17H25NO2S/c1-12-6-5-7-13(2)18(12)17(19)14(3)20-15-8-10-16(21-4)11-9-15/h8-14H,5-7H2,1-4H3. The first-order valence-electron chi connectivity index (χ1n) is 7.65. The lowest BCUT2D eigenvalue weighted by atomic mass is 9.97. The number of carbonyl (C=O) groups is 1. The molecule has 0 N–H and O–H groups in total. The minimum atomic E-state index is -0.437. The fourth-order valence-electron chi connectivity index (χ4n) is 2.97. The summed E-state index contributed by atoms with van der Waals surface area (Å²) in [5, 5.41) is 0. The van der Waals surface area contributed by atoms with Crippen molar-refractivity contribution >= 4 is 17.7 Å². The van der Waals surface area contributed by atoms with Crippen LogP contribution in [-0.4, -0.2) is 35.3 Å². The van der Waals surface area contributed by atoms with Crippen LogP contribution in [0.25, 0.3) is 0 Å². The van der Waals surface area contributed by atoms with E-state index in [4.69, 9.17) is 4.74 Å². The number of likely N-dealkylation sites (tertiary alicyclic amines) is 1. The Bertz CT molecular complexity index is 464. The number of nitrogens with zero attached hydrogens (tertiary/aromatic N) is 1. The molecule has 0 saturated carbocycles. The van der Waals surface area contributed by atoms with Crippen molar-refractivity contribution in [2.24, 2.45) is 0 Å². The number of hydrogen-bond donors (Lipinski definition) is 0. The summed E-state index contributed by atoms with van der Waals surface area (Å²) in [6.45, 7) is 6.11. The molecule has 116 valence electrons. The largest absolute Gasteiger partial charge is 0.481 e. The molecule has 1 fully saturated rings. The van der Waals surface area contributed by atoms with E-state index in [-0.39, 0.29) is 5.91 Å². The monoisotopic (exact) mass is 307 g/mol. The predicted molar refractivity (Wildman–Crippen MR) is 87.9 cm³/mol. The van der Waals surface area contributed by atoms with Crippen molar-refractivity contribution in [2.75, 3.05) is 6.26 Å². The van der Waals surface area contributed by atoms with Crippen LogP contribution in [0.15, 0.2) is 29.2 Å². The number of ether oxygens (including phenoxy) is 1. The molecule has 0 bridgehead atoms. The zero-order chi connectivity index (χ0) is 15.4. The van der Waals surface area contributed by atoms with Crippen molar-refractivity contribution in [3.05, 3.63) is 24.3 Å². The van der Waals surface area contributed by atoms with E-state index in [0.29, 0.717) is 12.1 Å². The quantitative estimate of drug-likeness (QED) is 0.788. The maximum Gasteiger partial charge on any atom is 0.263 e. The van der Waals surface area contributed by atoms with E-state index < -0.39 is 6.10 Å². The normalized spacial score (nSPS) is 23.7. The van der Waals surface area contributed by atoms with E-state index in [1.165, 1.54) is 11.3 Å². The lowest BCUT2D eigenvalue weighted by Gasteiger charge is -2.40. The number of benzene rings is 1. The Morgan fingerprint density at radius 1 is 1.24 bits per heavy atom. The number of hydrogen-bond acceptors (Lipinski definition) is 3. The molecule has 0 radical (unpaired) electrons. The molecule has 1 heterocycles. The summed E-state index contributed by atoms with van der Waals surface area (Å²) in [6, 6.07) is 8.52. The second kappa shape index (κ2) is 7.21.